The van der Waals surface area contributed by atoms with Crippen molar-refractivity contribution < 1.29 is 31.1 Å². The van der Waals surface area contributed by atoms with Crippen molar-refractivity contribution in [3.63, 3.8) is 0 Å². The molecule has 13 heteroatoms. The zero-order valence-corrected chi connectivity index (χ0v) is 24.0. The Morgan fingerprint density at radius 3 is 2.44 bits per heavy atom. The van der Waals surface area contributed by atoms with Crippen molar-refractivity contribution in [2.24, 2.45) is 5.73 Å². The summed E-state index contributed by atoms with van der Waals surface area (Å²) in [5.74, 6) is -0.663. The maximum Gasteiger partial charge on any atom is 0.247 e. The van der Waals surface area contributed by atoms with Crippen LogP contribution >= 0.6 is 0 Å². The van der Waals surface area contributed by atoms with Gasteiger partial charge in [-0.05, 0) is 55.8 Å². The van der Waals surface area contributed by atoms with E-state index in [1.165, 1.54) is 24.8 Å². The van der Waals surface area contributed by atoms with E-state index in [9.17, 15) is 17.4 Å². The lowest BCUT2D eigenvalue weighted by Crippen LogP contribution is -2.44. The molecule has 0 spiro atoms. The highest BCUT2D eigenvalue weighted by Gasteiger charge is 2.39. The van der Waals surface area contributed by atoms with Crippen molar-refractivity contribution in [3.8, 4) is 22.9 Å². The molecule has 2 atom stereocenters. The van der Waals surface area contributed by atoms with Gasteiger partial charge in [-0.25, -0.2) is 12.8 Å². The van der Waals surface area contributed by atoms with E-state index in [0.717, 1.165) is 12.3 Å². The Bertz CT molecular complexity index is 1740. The largest absolute Gasteiger partial charge is 0.457 e. The number of halogens is 1. The Labute approximate surface area is 238 Å². The summed E-state index contributed by atoms with van der Waals surface area (Å²) in [6.07, 6.45) is 1.03. The number of sulfone groups is 1. The zero-order valence-electron chi connectivity index (χ0n) is 22.4. The molecule has 2 heterocycles. The van der Waals surface area contributed by atoms with E-state index < -0.39 is 43.2 Å². The summed E-state index contributed by atoms with van der Waals surface area (Å²) in [5, 5.41) is 3.80. The van der Waals surface area contributed by atoms with Gasteiger partial charge in [0.05, 0.1) is 45.3 Å². The number of hydrogen-bond donors (Lipinski definition) is 1. The van der Waals surface area contributed by atoms with E-state index >= 15 is 4.39 Å². The fraction of sp³-hybridized carbons (Fsp3) is 0.250. The second kappa shape index (κ2) is 10.8. The molecule has 1 aliphatic heterocycles. The molecule has 5 rings (SSSR count). The average molecular weight is 599 g/mol. The Kier molecular flexibility index (Phi) is 7.53. The highest BCUT2D eigenvalue weighted by atomic mass is 32.2. The molecule has 214 valence electrons. The van der Waals surface area contributed by atoms with Gasteiger partial charge >= 0.3 is 0 Å². The van der Waals surface area contributed by atoms with Gasteiger partial charge in [-0.1, -0.05) is 35.5 Å². The average Bonchev–Trinajstić information content (AvgIpc) is 3.40. The number of aromatic nitrogens is 2. The summed E-state index contributed by atoms with van der Waals surface area (Å²) < 4.78 is 62.4. The van der Waals surface area contributed by atoms with E-state index in [1.54, 1.807) is 24.3 Å². The highest BCUT2D eigenvalue weighted by molar-refractivity contribution is 7.91. The maximum atomic E-state index is 15.4. The fourth-order valence-corrected chi connectivity index (χ4v) is 5.81. The first-order chi connectivity index (χ1) is 19.3. The Morgan fingerprint density at radius 2 is 1.78 bits per heavy atom. The number of ether oxygens (including phenoxy) is 1. The second-order valence-electron chi connectivity index (χ2n) is 10.1. The number of amides is 1. The molecule has 0 saturated heterocycles. The third-order valence-corrected chi connectivity index (χ3v) is 10.4. The SMILES string of the molecule is CC(C)(c1nc(-c2cc3c(cc2F)S(=O)C[C@H](N)C(=O)N3Cc2ccc(Oc3ccccc3)cc2)no1)S(C)(=O)=O. The number of benzene rings is 3. The molecule has 0 saturated carbocycles. The lowest BCUT2D eigenvalue weighted by molar-refractivity contribution is -0.119. The van der Waals surface area contributed by atoms with Crippen LogP contribution in [0.25, 0.3) is 11.4 Å². The van der Waals surface area contributed by atoms with Gasteiger partial charge in [0, 0.05) is 6.26 Å². The number of fused-ring (bicyclic) bond motifs is 1. The molecule has 4 aromatic rings. The Hall–Kier alpha value is -3.94. The topological polar surface area (TPSA) is 146 Å². The van der Waals surface area contributed by atoms with E-state index in [1.807, 2.05) is 30.3 Å². The number of carbonyl (C=O) groups is 1. The third kappa shape index (κ3) is 5.65. The van der Waals surface area contributed by atoms with Gasteiger partial charge in [0.25, 0.3) is 0 Å². The summed E-state index contributed by atoms with van der Waals surface area (Å²) in [6, 6.07) is 17.6. The van der Waals surface area contributed by atoms with Crippen LogP contribution in [0.1, 0.15) is 25.3 Å². The molecule has 0 aliphatic carbocycles. The number of anilines is 1. The van der Waals surface area contributed by atoms with Gasteiger partial charge in [0.15, 0.2) is 9.84 Å². The van der Waals surface area contributed by atoms with Crippen molar-refractivity contribution >= 4 is 32.2 Å². The molecule has 0 bridgehead atoms. The van der Waals surface area contributed by atoms with Crippen LogP contribution in [-0.2, 0) is 36.7 Å². The molecule has 1 aliphatic rings. The van der Waals surface area contributed by atoms with Crippen molar-refractivity contribution in [1.29, 1.82) is 0 Å². The van der Waals surface area contributed by atoms with Crippen LogP contribution in [0.5, 0.6) is 11.5 Å². The van der Waals surface area contributed by atoms with Gasteiger partial charge in [-0.2, -0.15) is 4.98 Å². The van der Waals surface area contributed by atoms with Gasteiger partial charge < -0.3 is 19.9 Å². The van der Waals surface area contributed by atoms with Crippen LogP contribution in [-0.4, -0.2) is 46.7 Å². The lowest BCUT2D eigenvalue weighted by Gasteiger charge is -2.25. The smallest absolute Gasteiger partial charge is 0.247 e. The molecule has 10 nitrogen and oxygen atoms in total. The van der Waals surface area contributed by atoms with Crippen molar-refractivity contribution in [3.05, 3.63) is 84.0 Å². The molecule has 1 aromatic heterocycles. The van der Waals surface area contributed by atoms with Gasteiger partial charge in [-0.3, -0.25) is 9.00 Å². The van der Waals surface area contributed by atoms with Crippen LogP contribution in [0.15, 0.2) is 76.1 Å². The minimum absolute atomic E-state index is 0.0476. The van der Waals surface area contributed by atoms with Gasteiger partial charge in [0.2, 0.25) is 17.6 Å². The van der Waals surface area contributed by atoms with Crippen LogP contribution in [0.4, 0.5) is 10.1 Å². The van der Waals surface area contributed by atoms with Crippen LogP contribution < -0.4 is 15.4 Å². The van der Waals surface area contributed by atoms with Crippen molar-refractivity contribution in [1.82, 2.24) is 10.1 Å². The summed E-state index contributed by atoms with van der Waals surface area (Å²) in [5.41, 5.74) is 6.83. The molecule has 0 fully saturated rings. The predicted molar refractivity (Wildman–Crippen MR) is 151 cm³/mol. The van der Waals surface area contributed by atoms with Crippen LogP contribution in [0.3, 0.4) is 0 Å². The molecular weight excluding hydrogens is 571 g/mol. The molecule has 1 unspecified atom stereocenters. The number of hydrogen-bond acceptors (Lipinski definition) is 9. The second-order valence-corrected chi connectivity index (χ2v) is 14.1. The van der Waals surface area contributed by atoms with Crippen LogP contribution in [0, 0.1) is 5.82 Å². The van der Waals surface area contributed by atoms with Crippen molar-refractivity contribution in [2.45, 2.75) is 36.1 Å². The normalized spacial score (nSPS) is 17.7. The van der Waals surface area contributed by atoms with Gasteiger partial charge in [-0.15, -0.1) is 0 Å². The summed E-state index contributed by atoms with van der Waals surface area (Å²) >= 11 is 0. The first kappa shape index (κ1) is 28.6. The first-order valence-electron chi connectivity index (χ1n) is 12.5. The number of carbonyl (C=O) groups excluding carboxylic acids is 1. The molecule has 3 aromatic carbocycles. The number of rotatable bonds is 7. The summed E-state index contributed by atoms with van der Waals surface area (Å²) in [4.78, 5) is 19.0. The monoisotopic (exact) mass is 598 g/mol. The zero-order chi connectivity index (χ0) is 29.5. The van der Waals surface area contributed by atoms with Crippen molar-refractivity contribution in [2.75, 3.05) is 16.9 Å². The summed E-state index contributed by atoms with van der Waals surface area (Å²) in [6.45, 7) is 2.84. The quantitative estimate of drug-likeness (QED) is 0.334. The minimum Gasteiger partial charge on any atom is -0.457 e. The maximum absolute atomic E-state index is 15.4. The molecule has 1 amide bonds. The number of nitrogens with zero attached hydrogens (tertiary/aromatic N) is 3. The van der Waals surface area contributed by atoms with E-state index in [2.05, 4.69) is 10.1 Å². The van der Waals surface area contributed by atoms with E-state index in [-0.39, 0.29) is 40.2 Å². The number of nitrogens with two attached hydrogens (primary N) is 1. The predicted octanol–water partition coefficient (Wildman–Crippen LogP) is 3.93. The molecule has 41 heavy (non-hydrogen) atoms. The van der Waals surface area contributed by atoms with Crippen LogP contribution in [0.2, 0.25) is 0 Å². The standard InChI is InChI=1S/C28H27FN4O6S2/c1-28(2,41(3,36)37)27-31-25(32-39-27)20-13-23-24(14-21(20)29)40(35)16-22(30)26(34)33(23)15-17-9-11-19(12-10-17)38-18-7-5-4-6-8-18/h4-14,22H,15-16,30H2,1-3H3/t22-,40?/m0/s1. The lowest BCUT2D eigenvalue weighted by atomic mass is 10.1. The molecular formula is C28H27FN4O6S2. The first-order valence-corrected chi connectivity index (χ1v) is 15.7. The van der Waals surface area contributed by atoms with E-state index in [0.29, 0.717) is 17.1 Å². The third-order valence-electron chi connectivity index (χ3n) is 6.85. The van der Waals surface area contributed by atoms with E-state index in [4.69, 9.17) is 15.0 Å². The Balaban J connectivity index is 1.51. The molecule has 2 N–H and O–H groups in total. The Morgan fingerprint density at radius 1 is 1.12 bits per heavy atom. The highest BCUT2D eigenvalue weighted by Crippen LogP contribution is 2.36. The van der Waals surface area contributed by atoms with Gasteiger partial charge in [0.1, 0.15) is 22.1 Å². The number of para-hydroxylation sites is 1. The fourth-order valence-electron chi connectivity index (χ4n) is 4.12. The molecule has 0 radical (unpaired) electrons. The minimum atomic E-state index is -3.64. The summed E-state index contributed by atoms with van der Waals surface area (Å²) in [7, 11) is -5.42.